The maximum absolute atomic E-state index is 5.66. The maximum atomic E-state index is 5.66. The van der Waals surface area contributed by atoms with Gasteiger partial charge in [-0.15, -0.1) is 0 Å². The molecule has 1 unspecified atom stereocenters. The highest BCUT2D eigenvalue weighted by atomic mass is 79.9. The Hall–Kier alpha value is -0.380. The van der Waals surface area contributed by atoms with Gasteiger partial charge in [0.25, 0.3) is 0 Å². The van der Waals surface area contributed by atoms with E-state index in [1.54, 1.807) is 0 Å². The lowest BCUT2D eigenvalue weighted by Gasteiger charge is -2.37. The van der Waals surface area contributed by atoms with Crippen LogP contribution in [0.25, 0.3) is 0 Å². The van der Waals surface area contributed by atoms with Crippen molar-refractivity contribution in [1.82, 2.24) is 5.32 Å². The van der Waals surface area contributed by atoms with Crippen LogP contribution in [0, 0.1) is 19.8 Å². The fourth-order valence-corrected chi connectivity index (χ4v) is 3.61. The first-order valence-electron chi connectivity index (χ1n) is 7.60. The molecule has 1 atom stereocenters. The van der Waals surface area contributed by atoms with Gasteiger partial charge in [0, 0.05) is 17.1 Å². The Bertz CT molecular complexity index is 455. The SMILES string of the molecule is CCOC1CC(CC(NC)c2cc(C)c(Br)cc2C)C1. The number of benzene rings is 1. The van der Waals surface area contributed by atoms with Crippen LogP contribution in [-0.4, -0.2) is 19.8 Å². The van der Waals surface area contributed by atoms with E-state index < -0.39 is 0 Å². The molecule has 2 nitrogen and oxygen atoms in total. The van der Waals surface area contributed by atoms with Crippen molar-refractivity contribution in [1.29, 1.82) is 0 Å². The summed E-state index contributed by atoms with van der Waals surface area (Å²) < 4.78 is 6.86. The normalized spacial score (nSPS) is 23.4. The zero-order valence-corrected chi connectivity index (χ0v) is 14.6. The summed E-state index contributed by atoms with van der Waals surface area (Å²) in [6.45, 7) is 7.29. The van der Waals surface area contributed by atoms with Crippen molar-refractivity contribution in [3.63, 3.8) is 0 Å². The summed E-state index contributed by atoms with van der Waals surface area (Å²) in [4.78, 5) is 0. The lowest BCUT2D eigenvalue weighted by molar-refractivity contribution is -0.0289. The molecule has 0 radical (unpaired) electrons. The maximum Gasteiger partial charge on any atom is 0.0580 e. The Labute approximate surface area is 131 Å². The van der Waals surface area contributed by atoms with Crippen molar-refractivity contribution in [2.24, 2.45) is 5.92 Å². The zero-order valence-electron chi connectivity index (χ0n) is 13.0. The second kappa shape index (κ2) is 7.06. The summed E-state index contributed by atoms with van der Waals surface area (Å²) >= 11 is 3.62. The van der Waals surface area contributed by atoms with Crippen LogP contribution in [0.1, 0.15) is 48.9 Å². The number of halogens is 1. The first-order valence-corrected chi connectivity index (χ1v) is 8.40. The van der Waals surface area contributed by atoms with Crippen molar-refractivity contribution < 1.29 is 4.74 Å². The van der Waals surface area contributed by atoms with E-state index in [4.69, 9.17) is 4.74 Å². The molecule has 0 amide bonds. The molecule has 1 aliphatic rings. The van der Waals surface area contributed by atoms with Crippen LogP contribution in [0.3, 0.4) is 0 Å². The Morgan fingerprint density at radius 2 is 2.00 bits per heavy atom. The van der Waals surface area contributed by atoms with Gasteiger partial charge in [-0.1, -0.05) is 22.0 Å². The number of hydrogen-bond donors (Lipinski definition) is 1. The largest absolute Gasteiger partial charge is 0.378 e. The highest BCUT2D eigenvalue weighted by Crippen LogP contribution is 2.38. The molecule has 112 valence electrons. The minimum atomic E-state index is 0.453. The van der Waals surface area contributed by atoms with Crippen LogP contribution < -0.4 is 5.32 Å². The summed E-state index contributed by atoms with van der Waals surface area (Å²) in [5, 5.41) is 3.50. The first kappa shape index (κ1) is 16.0. The molecule has 0 aromatic heterocycles. The molecule has 0 aliphatic heterocycles. The lowest BCUT2D eigenvalue weighted by atomic mass is 9.76. The first-order chi connectivity index (χ1) is 9.55. The fourth-order valence-electron chi connectivity index (χ4n) is 3.15. The summed E-state index contributed by atoms with van der Waals surface area (Å²) in [6.07, 6.45) is 4.17. The second-order valence-electron chi connectivity index (χ2n) is 5.95. The number of hydrogen-bond acceptors (Lipinski definition) is 2. The van der Waals surface area contributed by atoms with Crippen molar-refractivity contribution in [2.75, 3.05) is 13.7 Å². The Kier molecular flexibility index (Phi) is 5.65. The average Bonchev–Trinajstić information content (AvgIpc) is 2.37. The average molecular weight is 340 g/mol. The van der Waals surface area contributed by atoms with Gasteiger partial charge in [0.15, 0.2) is 0 Å². The summed E-state index contributed by atoms with van der Waals surface area (Å²) in [5.41, 5.74) is 4.11. The van der Waals surface area contributed by atoms with Gasteiger partial charge < -0.3 is 10.1 Å². The molecule has 0 saturated heterocycles. The highest BCUT2D eigenvalue weighted by Gasteiger charge is 2.31. The molecule has 3 heteroatoms. The van der Waals surface area contributed by atoms with Gasteiger partial charge in [-0.3, -0.25) is 0 Å². The number of aryl methyl sites for hydroxylation is 2. The number of nitrogens with one attached hydrogen (secondary N) is 1. The van der Waals surface area contributed by atoms with Gasteiger partial charge in [-0.2, -0.15) is 0 Å². The predicted octanol–water partition coefficient (Wildman–Crippen LogP) is 4.53. The highest BCUT2D eigenvalue weighted by molar-refractivity contribution is 9.10. The van der Waals surface area contributed by atoms with Gasteiger partial charge in [0.1, 0.15) is 0 Å². The molecule has 2 rings (SSSR count). The van der Waals surface area contributed by atoms with E-state index in [1.165, 1.54) is 40.4 Å². The molecule has 0 bridgehead atoms. The van der Waals surface area contributed by atoms with Crippen molar-refractivity contribution >= 4 is 15.9 Å². The molecule has 1 saturated carbocycles. The Morgan fingerprint density at radius 3 is 2.60 bits per heavy atom. The van der Waals surface area contributed by atoms with Gasteiger partial charge in [-0.25, -0.2) is 0 Å². The quantitative estimate of drug-likeness (QED) is 0.821. The standard InChI is InChI=1S/C17H26BrNO/c1-5-20-14-8-13(9-14)10-17(19-4)15-6-12(3)16(18)7-11(15)2/h6-7,13-14,17,19H,5,8-10H2,1-4H3. The molecule has 1 aromatic carbocycles. The molecule has 1 N–H and O–H groups in total. The minimum Gasteiger partial charge on any atom is -0.378 e. The van der Waals surface area contributed by atoms with Crippen LogP contribution in [0.2, 0.25) is 0 Å². The second-order valence-corrected chi connectivity index (χ2v) is 6.80. The zero-order chi connectivity index (χ0) is 14.7. The van der Waals surface area contributed by atoms with Crippen molar-refractivity contribution in [3.8, 4) is 0 Å². The third-order valence-electron chi connectivity index (χ3n) is 4.44. The van der Waals surface area contributed by atoms with E-state index in [0.717, 1.165) is 12.5 Å². The lowest BCUT2D eigenvalue weighted by Crippen LogP contribution is -2.34. The van der Waals surface area contributed by atoms with Gasteiger partial charge >= 0.3 is 0 Å². The molecular formula is C17H26BrNO. The third kappa shape index (κ3) is 3.63. The smallest absolute Gasteiger partial charge is 0.0580 e. The molecular weight excluding hydrogens is 314 g/mol. The van der Waals surface area contributed by atoms with Crippen molar-refractivity contribution in [2.45, 2.75) is 52.2 Å². The van der Waals surface area contributed by atoms with Gasteiger partial charge in [0.2, 0.25) is 0 Å². The van der Waals surface area contributed by atoms with Gasteiger partial charge in [-0.05, 0) is 75.8 Å². The van der Waals surface area contributed by atoms with Gasteiger partial charge in [0.05, 0.1) is 6.10 Å². The minimum absolute atomic E-state index is 0.453. The molecule has 1 aliphatic carbocycles. The van der Waals surface area contributed by atoms with Crippen LogP contribution >= 0.6 is 15.9 Å². The Balaban J connectivity index is 2.01. The Morgan fingerprint density at radius 1 is 1.30 bits per heavy atom. The van der Waals surface area contributed by atoms with E-state index in [1.807, 2.05) is 0 Å². The van der Waals surface area contributed by atoms with E-state index in [9.17, 15) is 0 Å². The number of ether oxygens (including phenoxy) is 1. The molecule has 0 spiro atoms. The van der Waals surface area contributed by atoms with Crippen LogP contribution in [-0.2, 0) is 4.74 Å². The van der Waals surface area contributed by atoms with E-state index in [0.29, 0.717) is 12.1 Å². The third-order valence-corrected chi connectivity index (χ3v) is 5.29. The fraction of sp³-hybridized carbons (Fsp3) is 0.647. The van der Waals surface area contributed by atoms with E-state index in [-0.39, 0.29) is 0 Å². The summed E-state index contributed by atoms with van der Waals surface area (Å²) in [7, 11) is 2.07. The molecule has 0 heterocycles. The van der Waals surface area contributed by atoms with Crippen LogP contribution in [0.5, 0.6) is 0 Å². The van der Waals surface area contributed by atoms with E-state index >= 15 is 0 Å². The van der Waals surface area contributed by atoms with Crippen LogP contribution in [0.4, 0.5) is 0 Å². The predicted molar refractivity (Wildman–Crippen MR) is 88.2 cm³/mol. The van der Waals surface area contributed by atoms with Crippen molar-refractivity contribution in [3.05, 3.63) is 33.3 Å². The summed E-state index contributed by atoms with van der Waals surface area (Å²) in [6, 6.07) is 5.01. The topological polar surface area (TPSA) is 21.3 Å². The number of rotatable bonds is 6. The molecule has 1 fully saturated rings. The molecule has 1 aromatic rings. The summed E-state index contributed by atoms with van der Waals surface area (Å²) in [5.74, 6) is 0.798. The van der Waals surface area contributed by atoms with Crippen LogP contribution in [0.15, 0.2) is 16.6 Å². The molecule has 20 heavy (non-hydrogen) atoms. The monoisotopic (exact) mass is 339 g/mol. The van der Waals surface area contributed by atoms with E-state index in [2.05, 4.69) is 61.2 Å².